The molecule has 0 aliphatic carbocycles. The van der Waals surface area contributed by atoms with Crippen LogP contribution in [0.3, 0.4) is 0 Å². The van der Waals surface area contributed by atoms with Gasteiger partial charge in [-0.1, -0.05) is 12.1 Å². The van der Waals surface area contributed by atoms with Crippen molar-refractivity contribution in [2.75, 3.05) is 19.1 Å². The lowest BCUT2D eigenvalue weighted by molar-refractivity contribution is -0.141. The summed E-state index contributed by atoms with van der Waals surface area (Å²) in [5.41, 5.74) is 3.64. The molecule has 1 aliphatic heterocycles. The van der Waals surface area contributed by atoms with Crippen LogP contribution in [-0.2, 0) is 16.0 Å². The van der Waals surface area contributed by atoms with Crippen LogP contribution in [0.4, 0.5) is 5.69 Å². The van der Waals surface area contributed by atoms with Crippen molar-refractivity contribution in [2.45, 2.75) is 19.4 Å². The number of carbonyl (C=O) groups is 1. The third-order valence-corrected chi connectivity index (χ3v) is 3.10. The summed E-state index contributed by atoms with van der Waals surface area (Å²) >= 11 is 0. The zero-order chi connectivity index (χ0) is 11.0. The van der Waals surface area contributed by atoms with Gasteiger partial charge in [0.15, 0.2) is 0 Å². The van der Waals surface area contributed by atoms with Crippen molar-refractivity contribution < 1.29 is 9.53 Å². The van der Waals surface area contributed by atoms with Gasteiger partial charge < -0.3 is 9.64 Å². The number of rotatable bonds is 1. The van der Waals surface area contributed by atoms with E-state index in [9.17, 15) is 4.79 Å². The van der Waals surface area contributed by atoms with Crippen LogP contribution < -0.4 is 4.90 Å². The predicted octanol–water partition coefficient (Wildman–Crippen LogP) is 1.53. The van der Waals surface area contributed by atoms with E-state index in [4.69, 9.17) is 4.74 Å². The summed E-state index contributed by atoms with van der Waals surface area (Å²) in [4.78, 5) is 13.5. The molecule has 3 nitrogen and oxygen atoms in total. The largest absolute Gasteiger partial charge is 0.467 e. The average molecular weight is 205 g/mol. The van der Waals surface area contributed by atoms with Crippen LogP contribution in [0.2, 0.25) is 0 Å². The van der Waals surface area contributed by atoms with Crippen LogP contribution in [0.15, 0.2) is 18.2 Å². The minimum atomic E-state index is -0.161. The first-order chi connectivity index (χ1) is 7.15. The number of likely N-dealkylation sites (N-methyl/N-ethyl adjacent to an activating group) is 1. The highest BCUT2D eigenvalue weighted by molar-refractivity contribution is 5.84. The van der Waals surface area contributed by atoms with Gasteiger partial charge in [0.05, 0.1) is 7.11 Å². The van der Waals surface area contributed by atoms with Gasteiger partial charge in [-0.15, -0.1) is 0 Å². The zero-order valence-corrected chi connectivity index (χ0v) is 9.28. The summed E-state index contributed by atoms with van der Waals surface area (Å²) in [7, 11) is 3.37. The summed E-state index contributed by atoms with van der Waals surface area (Å²) in [6.45, 7) is 2.08. The first-order valence-corrected chi connectivity index (χ1v) is 5.04. The van der Waals surface area contributed by atoms with Gasteiger partial charge in [0.25, 0.3) is 0 Å². The highest BCUT2D eigenvalue weighted by atomic mass is 16.5. The Balaban J connectivity index is 2.37. The monoisotopic (exact) mass is 205 g/mol. The molecule has 0 saturated carbocycles. The summed E-state index contributed by atoms with van der Waals surface area (Å²) < 4.78 is 4.80. The van der Waals surface area contributed by atoms with Gasteiger partial charge in [-0.25, -0.2) is 4.79 Å². The van der Waals surface area contributed by atoms with Crippen LogP contribution in [0, 0.1) is 6.92 Å². The Kier molecular flexibility index (Phi) is 2.39. The molecule has 0 amide bonds. The van der Waals surface area contributed by atoms with E-state index in [-0.39, 0.29) is 12.0 Å². The quantitative estimate of drug-likeness (QED) is 0.651. The van der Waals surface area contributed by atoms with E-state index in [1.165, 1.54) is 18.2 Å². The number of anilines is 1. The molecule has 0 aromatic heterocycles. The Bertz CT molecular complexity index is 401. The first kappa shape index (κ1) is 10.0. The van der Waals surface area contributed by atoms with E-state index < -0.39 is 0 Å². The number of nitrogens with zero attached hydrogens (tertiary/aromatic N) is 1. The molecule has 0 saturated heterocycles. The van der Waals surface area contributed by atoms with Crippen LogP contribution >= 0.6 is 0 Å². The Morgan fingerprint density at radius 1 is 1.53 bits per heavy atom. The number of benzene rings is 1. The molecule has 1 heterocycles. The SMILES string of the molecule is COC(=O)C1Cc2c(C)cccc2N1C. The van der Waals surface area contributed by atoms with Crippen molar-refractivity contribution in [3.63, 3.8) is 0 Å². The summed E-state index contributed by atoms with van der Waals surface area (Å²) in [6, 6.07) is 5.98. The Morgan fingerprint density at radius 2 is 2.27 bits per heavy atom. The number of methoxy groups -OCH3 is 1. The Hall–Kier alpha value is -1.51. The van der Waals surface area contributed by atoms with Gasteiger partial charge in [0.2, 0.25) is 0 Å². The second kappa shape index (κ2) is 3.57. The molecule has 2 rings (SSSR count). The molecule has 1 atom stereocenters. The topological polar surface area (TPSA) is 29.5 Å². The fourth-order valence-corrected chi connectivity index (χ4v) is 2.16. The zero-order valence-electron chi connectivity index (χ0n) is 9.28. The Morgan fingerprint density at radius 3 is 2.87 bits per heavy atom. The minimum absolute atomic E-state index is 0.159. The standard InChI is InChI=1S/C12H15NO2/c1-8-5-4-6-10-9(8)7-11(13(10)2)12(14)15-3/h4-6,11H,7H2,1-3H3. The number of fused-ring (bicyclic) bond motifs is 1. The molecule has 3 heteroatoms. The van der Waals surface area contributed by atoms with Gasteiger partial charge in [-0.3, -0.25) is 0 Å². The third kappa shape index (κ3) is 1.48. The average Bonchev–Trinajstić information content (AvgIpc) is 2.57. The summed E-state index contributed by atoms with van der Waals surface area (Å²) in [5, 5.41) is 0. The van der Waals surface area contributed by atoms with Gasteiger partial charge in [0.1, 0.15) is 6.04 Å². The number of aryl methyl sites for hydroxylation is 1. The molecule has 1 unspecified atom stereocenters. The van der Waals surface area contributed by atoms with E-state index in [0.717, 1.165) is 12.1 Å². The maximum Gasteiger partial charge on any atom is 0.328 e. The molecule has 1 aliphatic rings. The van der Waals surface area contributed by atoms with Crippen LogP contribution in [0.5, 0.6) is 0 Å². The molecular weight excluding hydrogens is 190 g/mol. The van der Waals surface area contributed by atoms with Crippen molar-refractivity contribution in [2.24, 2.45) is 0 Å². The normalized spacial score (nSPS) is 18.9. The fraction of sp³-hybridized carbons (Fsp3) is 0.417. The highest BCUT2D eigenvalue weighted by Gasteiger charge is 2.33. The number of esters is 1. The molecular formula is C12H15NO2. The molecule has 0 spiro atoms. The number of carbonyl (C=O) groups excluding carboxylic acids is 1. The van der Waals surface area contributed by atoms with E-state index >= 15 is 0 Å². The van der Waals surface area contributed by atoms with E-state index in [1.54, 1.807) is 0 Å². The lowest BCUT2D eigenvalue weighted by Crippen LogP contribution is -2.36. The maximum atomic E-state index is 11.5. The molecule has 1 aromatic carbocycles. The number of ether oxygens (including phenoxy) is 1. The fourth-order valence-electron chi connectivity index (χ4n) is 2.16. The van der Waals surface area contributed by atoms with Crippen LogP contribution in [-0.4, -0.2) is 26.2 Å². The number of hydrogen-bond donors (Lipinski definition) is 0. The Labute approximate surface area is 89.7 Å². The van der Waals surface area contributed by atoms with Crippen LogP contribution in [0.1, 0.15) is 11.1 Å². The van der Waals surface area contributed by atoms with Gasteiger partial charge in [-0.2, -0.15) is 0 Å². The van der Waals surface area contributed by atoms with E-state index in [0.29, 0.717) is 0 Å². The maximum absolute atomic E-state index is 11.5. The van der Waals surface area contributed by atoms with Gasteiger partial charge >= 0.3 is 5.97 Å². The van der Waals surface area contributed by atoms with Crippen LogP contribution in [0.25, 0.3) is 0 Å². The van der Waals surface area contributed by atoms with Crippen molar-refractivity contribution in [3.8, 4) is 0 Å². The van der Waals surface area contributed by atoms with Gasteiger partial charge in [0, 0.05) is 19.2 Å². The number of hydrogen-bond acceptors (Lipinski definition) is 3. The molecule has 0 radical (unpaired) electrons. The molecule has 0 fully saturated rings. The second-order valence-electron chi connectivity index (χ2n) is 3.93. The van der Waals surface area contributed by atoms with Crippen molar-refractivity contribution in [1.82, 2.24) is 0 Å². The molecule has 1 aromatic rings. The minimum Gasteiger partial charge on any atom is -0.467 e. The first-order valence-electron chi connectivity index (χ1n) is 5.04. The summed E-state index contributed by atoms with van der Waals surface area (Å²) in [6.07, 6.45) is 0.755. The van der Waals surface area contributed by atoms with Crippen molar-refractivity contribution >= 4 is 11.7 Å². The lowest BCUT2D eigenvalue weighted by atomic mass is 10.0. The predicted molar refractivity (Wildman–Crippen MR) is 59.1 cm³/mol. The molecule has 80 valence electrons. The van der Waals surface area contributed by atoms with Crippen molar-refractivity contribution in [1.29, 1.82) is 0 Å². The van der Waals surface area contributed by atoms with Crippen molar-refractivity contribution in [3.05, 3.63) is 29.3 Å². The third-order valence-electron chi connectivity index (χ3n) is 3.10. The summed E-state index contributed by atoms with van der Waals surface area (Å²) in [5.74, 6) is -0.159. The van der Waals surface area contributed by atoms with Gasteiger partial charge in [-0.05, 0) is 24.1 Å². The molecule has 15 heavy (non-hydrogen) atoms. The van der Waals surface area contributed by atoms with E-state index in [1.807, 2.05) is 24.1 Å². The smallest absolute Gasteiger partial charge is 0.328 e. The second-order valence-corrected chi connectivity index (χ2v) is 3.93. The highest BCUT2D eigenvalue weighted by Crippen LogP contribution is 2.33. The molecule has 0 bridgehead atoms. The molecule has 0 N–H and O–H groups in total. The lowest BCUT2D eigenvalue weighted by Gasteiger charge is -2.19. The van der Waals surface area contributed by atoms with E-state index in [2.05, 4.69) is 13.0 Å².